The number of aromatic nitrogens is 2. The van der Waals surface area contributed by atoms with Gasteiger partial charge >= 0.3 is 12.4 Å². The van der Waals surface area contributed by atoms with Gasteiger partial charge in [-0.05, 0) is 24.6 Å². The number of ether oxygens (including phenoxy) is 2. The summed E-state index contributed by atoms with van der Waals surface area (Å²) in [7, 11) is -4.18. The number of hydrogen-bond donors (Lipinski definition) is 0. The van der Waals surface area contributed by atoms with Crippen LogP contribution in [0.25, 0.3) is 0 Å². The lowest BCUT2D eigenvalue weighted by molar-refractivity contribution is -0.275. The molecule has 1 aliphatic rings. The molecule has 0 radical (unpaired) electrons. The SMILES string of the molecule is O=S(=O)(c1ccccc1OC(F)(F)F)N1CC[C@H](Oc2ncccn2)C1. The van der Waals surface area contributed by atoms with Gasteiger partial charge in [-0.1, -0.05) is 12.1 Å². The predicted octanol–water partition coefficient (Wildman–Crippen LogP) is 2.22. The van der Waals surface area contributed by atoms with Gasteiger partial charge in [-0.3, -0.25) is 0 Å². The summed E-state index contributed by atoms with van der Waals surface area (Å²) in [6.45, 7) is 0.0706. The van der Waals surface area contributed by atoms with E-state index in [2.05, 4.69) is 14.7 Å². The van der Waals surface area contributed by atoms with Crippen molar-refractivity contribution in [2.75, 3.05) is 13.1 Å². The standard InChI is InChI=1S/C15H14F3N3O4S/c16-15(17,18)25-12-4-1-2-5-13(12)26(22,23)21-9-6-11(10-21)24-14-19-7-3-8-20-14/h1-5,7-8,11H,6,9-10H2/t11-/m0/s1. The lowest BCUT2D eigenvalue weighted by atomic mass is 10.3. The highest BCUT2D eigenvalue weighted by Gasteiger charge is 2.38. The monoisotopic (exact) mass is 389 g/mol. The van der Waals surface area contributed by atoms with Gasteiger partial charge < -0.3 is 9.47 Å². The highest BCUT2D eigenvalue weighted by Crippen LogP contribution is 2.32. The quantitative estimate of drug-likeness (QED) is 0.780. The van der Waals surface area contributed by atoms with Crippen LogP contribution in [0.5, 0.6) is 11.8 Å². The Bertz CT molecular complexity index is 862. The van der Waals surface area contributed by atoms with E-state index in [4.69, 9.17) is 4.74 Å². The molecule has 0 bridgehead atoms. The van der Waals surface area contributed by atoms with Crippen LogP contribution in [0, 0.1) is 0 Å². The third-order valence-corrected chi connectivity index (χ3v) is 5.52. The Morgan fingerprint density at radius 1 is 1.12 bits per heavy atom. The smallest absolute Gasteiger partial charge is 0.459 e. The molecule has 1 aromatic carbocycles. The molecule has 0 unspecified atom stereocenters. The van der Waals surface area contributed by atoms with Crippen molar-refractivity contribution in [3.05, 3.63) is 42.7 Å². The van der Waals surface area contributed by atoms with Crippen molar-refractivity contribution >= 4 is 10.0 Å². The molecule has 2 heterocycles. The Kier molecular flexibility index (Phi) is 5.01. The van der Waals surface area contributed by atoms with Gasteiger partial charge in [0.15, 0.2) is 0 Å². The largest absolute Gasteiger partial charge is 0.573 e. The van der Waals surface area contributed by atoms with Gasteiger partial charge in [0.2, 0.25) is 10.0 Å². The highest BCUT2D eigenvalue weighted by molar-refractivity contribution is 7.89. The van der Waals surface area contributed by atoms with E-state index < -0.39 is 33.1 Å². The number of rotatable bonds is 5. The Morgan fingerprint density at radius 3 is 2.50 bits per heavy atom. The molecule has 1 saturated heterocycles. The molecule has 2 aromatic rings. The average Bonchev–Trinajstić information content (AvgIpc) is 3.04. The first-order chi connectivity index (χ1) is 12.3. The summed E-state index contributed by atoms with van der Waals surface area (Å²) in [5.74, 6) is -0.768. The van der Waals surface area contributed by atoms with Crippen molar-refractivity contribution in [1.82, 2.24) is 14.3 Å². The molecule has 1 aliphatic heterocycles. The predicted molar refractivity (Wildman–Crippen MR) is 82.9 cm³/mol. The van der Waals surface area contributed by atoms with Crippen LogP contribution < -0.4 is 9.47 Å². The van der Waals surface area contributed by atoms with Crippen LogP contribution in [0.3, 0.4) is 0 Å². The molecule has 1 aromatic heterocycles. The summed E-state index contributed by atoms with van der Waals surface area (Å²) < 4.78 is 73.4. The first kappa shape index (κ1) is 18.4. The van der Waals surface area contributed by atoms with Gasteiger partial charge in [0.1, 0.15) is 16.7 Å². The zero-order chi connectivity index (χ0) is 18.8. The minimum Gasteiger partial charge on any atom is -0.459 e. The number of alkyl halides is 3. The molecule has 0 spiro atoms. The summed E-state index contributed by atoms with van der Waals surface area (Å²) in [6.07, 6.45) is -2.16. The molecule has 0 aliphatic carbocycles. The molecule has 3 rings (SSSR count). The van der Waals surface area contributed by atoms with E-state index in [1.807, 2.05) is 0 Å². The van der Waals surface area contributed by atoms with E-state index in [1.54, 1.807) is 6.07 Å². The summed E-state index contributed by atoms with van der Waals surface area (Å²) >= 11 is 0. The van der Waals surface area contributed by atoms with Crippen LogP contribution in [-0.2, 0) is 10.0 Å². The van der Waals surface area contributed by atoms with Crippen molar-refractivity contribution in [3.8, 4) is 11.8 Å². The Labute approximate surface area is 147 Å². The molecule has 26 heavy (non-hydrogen) atoms. The van der Waals surface area contributed by atoms with E-state index in [1.165, 1.54) is 24.5 Å². The van der Waals surface area contributed by atoms with Gasteiger partial charge in [0, 0.05) is 18.9 Å². The maximum absolute atomic E-state index is 12.7. The Hall–Kier alpha value is -2.40. The molecule has 0 N–H and O–H groups in total. The zero-order valence-corrected chi connectivity index (χ0v) is 14.1. The number of benzene rings is 1. The fraction of sp³-hybridized carbons (Fsp3) is 0.333. The first-order valence-electron chi connectivity index (χ1n) is 7.54. The third-order valence-electron chi connectivity index (χ3n) is 3.61. The Morgan fingerprint density at radius 2 is 1.81 bits per heavy atom. The van der Waals surface area contributed by atoms with Gasteiger partial charge in [0.05, 0.1) is 6.54 Å². The number of sulfonamides is 1. The summed E-state index contributed by atoms with van der Waals surface area (Å²) in [6, 6.07) is 6.35. The van der Waals surface area contributed by atoms with E-state index in [9.17, 15) is 21.6 Å². The van der Waals surface area contributed by atoms with E-state index >= 15 is 0 Å². The minimum absolute atomic E-state index is 0.0268. The topological polar surface area (TPSA) is 81.6 Å². The summed E-state index contributed by atoms with van der Waals surface area (Å²) in [4.78, 5) is 7.24. The van der Waals surface area contributed by atoms with Crippen LogP contribution in [0.4, 0.5) is 13.2 Å². The fourth-order valence-electron chi connectivity index (χ4n) is 2.52. The first-order valence-corrected chi connectivity index (χ1v) is 8.98. The summed E-state index contributed by atoms with van der Waals surface area (Å²) in [5, 5.41) is 0. The van der Waals surface area contributed by atoms with Gasteiger partial charge in [-0.2, -0.15) is 4.31 Å². The van der Waals surface area contributed by atoms with E-state index in [-0.39, 0.29) is 19.1 Å². The molecular formula is C15H14F3N3O4S. The van der Waals surface area contributed by atoms with E-state index in [0.29, 0.717) is 6.42 Å². The molecular weight excluding hydrogens is 375 g/mol. The number of halogens is 3. The lowest BCUT2D eigenvalue weighted by Crippen LogP contribution is -2.32. The highest BCUT2D eigenvalue weighted by atomic mass is 32.2. The normalized spacial score (nSPS) is 18.7. The third kappa shape index (κ3) is 4.22. The average molecular weight is 389 g/mol. The van der Waals surface area contributed by atoms with Gasteiger partial charge in [-0.15, -0.1) is 13.2 Å². The maximum atomic E-state index is 12.7. The molecule has 0 amide bonds. The second-order valence-electron chi connectivity index (χ2n) is 5.42. The van der Waals surface area contributed by atoms with Crippen LogP contribution in [-0.4, -0.2) is 48.2 Å². The van der Waals surface area contributed by atoms with Crippen LogP contribution in [0.2, 0.25) is 0 Å². The van der Waals surface area contributed by atoms with Crippen molar-refractivity contribution in [2.24, 2.45) is 0 Å². The number of para-hydroxylation sites is 1. The molecule has 140 valence electrons. The Balaban J connectivity index is 1.77. The number of nitrogens with zero attached hydrogens (tertiary/aromatic N) is 3. The zero-order valence-electron chi connectivity index (χ0n) is 13.3. The van der Waals surface area contributed by atoms with Crippen molar-refractivity contribution in [2.45, 2.75) is 23.8 Å². The van der Waals surface area contributed by atoms with Crippen LogP contribution in [0.15, 0.2) is 47.6 Å². The van der Waals surface area contributed by atoms with Gasteiger partial charge in [-0.25, -0.2) is 18.4 Å². The molecule has 0 saturated carbocycles. The molecule has 1 fully saturated rings. The summed E-state index contributed by atoms with van der Waals surface area (Å²) in [5.41, 5.74) is 0. The fourth-order valence-corrected chi connectivity index (χ4v) is 4.12. The molecule has 11 heteroatoms. The van der Waals surface area contributed by atoms with Crippen LogP contribution in [0.1, 0.15) is 6.42 Å². The molecule has 1 atom stereocenters. The molecule has 7 nitrogen and oxygen atoms in total. The van der Waals surface area contributed by atoms with Crippen molar-refractivity contribution in [3.63, 3.8) is 0 Å². The minimum atomic E-state index is -4.99. The van der Waals surface area contributed by atoms with E-state index in [0.717, 1.165) is 16.4 Å². The van der Waals surface area contributed by atoms with Gasteiger partial charge in [0.25, 0.3) is 0 Å². The van der Waals surface area contributed by atoms with Crippen LogP contribution >= 0.6 is 0 Å². The second-order valence-corrected chi connectivity index (χ2v) is 7.32. The number of hydrogen-bond acceptors (Lipinski definition) is 6. The van der Waals surface area contributed by atoms with Crippen molar-refractivity contribution in [1.29, 1.82) is 0 Å². The maximum Gasteiger partial charge on any atom is 0.573 e. The van der Waals surface area contributed by atoms with Crippen molar-refractivity contribution < 1.29 is 31.1 Å². The second kappa shape index (κ2) is 7.08. The lowest BCUT2D eigenvalue weighted by Gasteiger charge is -2.19.